The highest BCUT2D eigenvalue weighted by atomic mass is 16.3. The topological polar surface area (TPSA) is 96.0 Å². The second-order valence-corrected chi connectivity index (χ2v) is 4.26. The Kier molecular flexibility index (Phi) is 4.46. The SMILES string of the molecule is CCc1nc(C(=O)C(C#N)C(=O)Nc2ccccc2)co1. The van der Waals surface area contributed by atoms with Gasteiger partial charge in [-0.25, -0.2) is 4.98 Å². The zero-order valence-corrected chi connectivity index (χ0v) is 11.4. The molecular formula is C15H13N3O3. The van der Waals surface area contributed by atoms with E-state index in [9.17, 15) is 9.59 Å². The van der Waals surface area contributed by atoms with E-state index in [1.807, 2.05) is 6.92 Å². The van der Waals surface area contributed by atoms with Gasteiger partial charge in [-0.2, -0.15) is 5.26 Å². The molecule has 0 radical (unpaired) electrons. The highest BCUT2D eigenvalue weighted by molar-refractivity contribution is 6.14. The average Bonchev–Trinajstić information content (AvgIpc) is 2.98. The molecule has 1 amide bonds. The Morgan fingerprint density at radius 3 is 2.67 bits per heavy atom. The number of nitriles is 1. The summed E-state index contributed by atoms with van der Waals surface area (Å²) in [5.41, 5.74) is 0.506. The number of amides is 1. The predicted octanol–water partition coefficient (Wildman–Crippen LogP) is 2.20. The van der Waals surface area contributed by atoms with Crippen LogP contribution in [0.25, 0.3) is 0 Å². The predicted molar refractivity (Wildman–Crippen MR) is 74.4 cm³/mol. The second kappa shape index (κ2) is 6.48. The molecule has 0 fully saturated rings. The summed E-state index contributed by atoms with van der Waals surface area (Å²) >= 11 is 0. The van der Waals surface area contributed by atoms with Crippen LogP contribution in [-0.4, -0.2) is 16.7 Å². The van der Waals surface area contributed by atoms with Crippen molar-refractivity contribution >= 4 is 17.4 Å². The van der Waals surface area contributed by atoms with E-state index in [1.165, 1.54) is 6.26 Å². The summed E-state index contributed by atoms with van der Waals surface area (Å²) in [4.78, 5) is 28.1. The molecule has 0 aliphatic carbocycles. The Morgan fingerprint density at radius 1 is 1.38 bits per heavy atom. The molecule has 0 spiro atoms. The molecule has 1 aromatic carbocycles. The molecule has 1 N–H and O–H groups in total. The number of oxazole rings is 1. The Hall–Kier alpha value is -2.94. The van der Waals surface area contributed by atoms with E-state index < -0.39 is 17.6 Å². The van der Waals surface area contributed by atoms with Gasteiger partial charge in [-0.3, -0.25) is 9.59 Å². The Bertz CT molecular complexity index is 686. The number of hydrogen-bond acceptors (Lipinski definition) is 5. The number of carbonyl (C=O) groups is 2. The highest BCUT2D eigenvalue weighted by Crippen LogP contribution is 2.13. The van der Waals surface area contributed by atoms with Crippen molar-refractivity contribution in [1.82, 2.24) is 4.98 Å². The van der Waals surface area contributed by atoms with Crippen molar-refractivity contribution in [3.8, 4) is 6.07 Å². The largest absolute Gasteiger partial charge is 0.448 e. The first-order chi connectivity index (χ1) is 10.2. The molecule has 0 aliphatic rings. The monoisotopic (exact) mass is 283 g/mol. The maximum atomic E-state index is 12.1. The number of anilines is 1. The Balaban J connectivity index is 2.13. The number of nitrogens with zero attached hydrogens (tertiary/aromatic N) is 2. The third kappa shape index (κ3) is 3.34. The molecule has 6 heteroatoms. The van der Waals surface area contributed by atoms with Crippen LogP contribution in [0, 0.1) is 17.2 Å². The summed E-state index contributed by atoms with van der Waals surface area (Å²) in [6, 6.07) is 10.3. The summed E-state index contributed by atoms with van der Waals surface area (Å²) in [6.45, 7) is 1.82. The maximum Gasteiger partial charge on any atom is 0.249 e. The van der Waals surface area contributed by atoms with Crippen molar-refractivity contribution < 1.29 is 14.0 Å². The molecule has 2 rings (SSSR count). The number of ketones is 1. The Labute approximate surface area is 121 Å². The second-order valence-electron chi connectivity index (χ2n) is 4.26. The van der Waals surface area contributed by atoms with Crippen LogP contribution in [0.1, 0.15) is 23.3 Å². The number of Topliss-reactive ketones (excluding diaryl/α,β-unsaturated/α-hetero) is 1. The van der Waals surface area contributed by atoms with Gasteiger partial charge < -0.3 is 9.73 Å². The van der Waals surface area contributed by atoms with Crippen LogP contribution in [0.3, 0.4) is 0 Å². The molecule has 1 aromatic heterocycles. The van der Waals surface area contributed by atoms with Crippen LogP contribution in [0.4, 0.5) is 5.69 Å². The van der Waals surface area contributed by atoms with E-state index >= 15 is 0 Å². The van der Waals surface area contributed by atoms with Gasteiger partial charge in [0.2, 0.25) is 11.7 Å². The first kappa shape index (κ1) is 14.5. The van der Waals surface area contributed by atoms with Crippen LogP contribution < -0.4 is 5.32 Å². The van der Waals surface area contributed by atoms with E-state index in [-0.39, 0.29) is 5.69 Å². The van der Waals surface area contributed by atoms with Gasteiger partial charge >= 0.3 is 0 Å². The van der Waals surface area contributed by atoms with Crippen molar-refractivity contribution in [2.24, 2.45) is 5.92 Å². The minimum Gasteiger partial charge on any atom is -0.448 e. The first-order valence-electron chi connectivity index (χ1n) is 6.39. The molecule has 106 valence electrons. The summed E-state index contributed by atoms with van der Waals surface area (Å²) in [6.07, 6.45) is 1.70. The molecule has 0 saturated carbocycles. The molecule has 21 heavy (non-hydrogen) atoms. The quantitative estimate of drug-likeness (QED) is 0.670. The molecule has 2 aromatic rings. The van der Waals surface area contributed by atoms with Crippen molar-refractivity contribution in [2.75, 3.05) is 5.32 Å². The minimum atomic E-state index is -1.46. The summed E-state index contributed by atoms with van der Waals surface area (Å²) in [7, 11) is 0. The van der Waals surface area contributed by atoms with Gasteiger partial charge in [-0.05, 0) is 12.1 Å². The van der Waals surface area contributed by atoms with Crippen molar-refractivity contribution in [3.05, 3.63) is 48.2 Å². The van der Waals surface area contributed by atoms with E-state index in [2.05, 4.69) is 10.3 Å². The molecule has 0 aliphatic heterocycles. The molecule has 1 atom stereocenters. The maximum absolute atomic E-state index is 12.1. The lowest BCUT2D eigenvalue weighted by atomic mass is 10.0. The number of aromatic nitrogens is 1. The van der Waals surface area contributed by atoms with Gasteiger partial charge in [0, 0.05) is 12.1 Å². The molecule has 0 bridgehead atoms. The smallest absolute Gasteiger partial charge is 0.249 e. The number of carbonyl (C=O) groups excluding carboxylic acids is 2. The zero-order chi connectivity index (χ0) is 15.2. The normalized spacial score (nSPS) is 11.4. The third-order valence-electron chi connectivity index (χ3n) is 2.80. The lowest BCUT2D eigenvalue weighted by molar-refractivity contribution is -0.117. The third-order valence-corrected chi connectivity index (χ3v) is 2.80. The number of aryl methyl sites for hydroxylation is 1. The van der Waals surface area contributed by atoms with Crippen molar-refractivity contribution in [2.45, 2.75) is 13.3 Å². The fraction of sp³-hybridized carbons (Fsp3) is 0.200. The number of hydrogen-bond donors (Lipinski definition) is 1. The summed E-state index contributed by atoms with van der Waals surface area (Å²) in [5.74, 6) is -2.43. The van der Waals surface area contributed by atoms with Gasteiger partial charge in [-0.1, -0.05) is 25.1 Å². The molecule has 6 nitrogen and oxygen atoms in total. The fourth-order valence-corrected chi connectivity index (χ4v) is 1.71. The summed E-state index contributed by atoms with van der Waals surface area (Å²) in [5, 5.41) is 11.6. The number of nitrogens with one attached hydrogen (secondary N) is 1. The Morgan fingerprint density at radius 2 is 2.10 bits per heavy atom. The van der Waals surface area contributed by atoms with Gasteiger partial charge in [0.05, 0.1) is 6.07 Å². The number of rotatable bonds is 5. The number of benzene rings is 1. The van der Waals surface area contributed by atoms with E-state index in [4.69, 9.17) is 9.68 Å². The highest BCUT2D eigenvalue weighted by Gasteiger charge is 2.29. The first-order valence-corrected chi connectivity index (χ1v) is 6.39. The van der Waals surface area contributed by atoms with E-state index in [0.717, 1.165) is 0 Å². The van der Waals surface area contributed by atoms with Gasteiger partial charge in [0.1, 0.15) is 12.0 Å². The van der Waals surface area contributed by atoms with Crippen molar-refractivity contribution in [3.63, 3.8) is 0 Å². The molecular weight excluding hydrogens is 270 g/mol. The lowest BCUT2D eigenvalue weighted by Crippen LogP contribution is -2.28. The lowest BCUT2D eigenvalue weighted by Gasteiger charge is -2.07. The van der Waals surface area contributed by atoms with E-state index in [1.54, 1.807) is 36.4 Å². The van der Waals surface area contributed by atoms with Crippen molar-refractivity contribution in [1.29, 1.82) is 5.26 Å². The summed E-state index contributed by atoms with van der Waals surface area (Å²) < 4.78 is 5.05. The molecule has 1 heterocycles. The zero-order valence-electron chi connectivity index (χ0n) is 11.4. The van der Waals surface area contributed by atoms with Crippen LogP contribution in [0.5, 0.6) is 0 Å². The van der Waals surface area contributed by atoms with Gasteiger partial charge in [0.25, 0.3) is 0 Å². The molecule has 0 saturated heterocycles. The minimum absolute atomic E-state index is 0.0124. The van der Waals surface area contributed by atoms with Gasteiger partial charge in [-0.15, -0.1) is 0 Å². The molecule has 1 unspecified atom stereocenters. The van der Waals surface area contributed by atoms with Gasteiger partial charge in [0.15, 0.2) is 11.8 Å². The fourth-order valence-electron chi connectivity index (χ4n) is 1.71. The van der Waals surface area contributed by atoms with Crippen LogP contribution >= 0.6 is 0 Å². The van der Waals surface area contributed by atoms with Crippen LogP contribution in [-0.2, 0) is 11.2 Å². The average molecular weight is 283 g/mol. The van der Waals surface area contributed by atoms with E-state index in [0.29, 0.717) is 18.0 Å². The standard InChI is InChI=1S/C15H13N3O3/c1-2-13-18-12(9-21-13)14(19)11(8-16)15(20)17-10-6-4-3-5-7-10/h3-7,9,11H,2H2,1H3,(H,17,20). The van der Waals surface area contributed by atoms with Crippen LogP contribution in [0.15, 0.2) is 41.0 Å². The van der Waals surface area contributed by atoms with Crippen LogP contribution in [0.2, 0.25) is 0 Å². The number of para-hydroxylation sites is 1.